The summed E-state index contributed by atoms with van der Waals surface area (Å²) in [5.74, 6) is -3.33. The van der Waals surface area contributed by atoms with E-state index >= 15 is 0 Å². The summed E-state index contributed by atoms with van der Waals surface area (Å²) in [5.41, 5.74) is 2.57. The Labute approximate surface area is 178 Å². The first-order valence-corrected chi connectivity index (χ1v) is 9.88. The predicted octanol–water partition coefficient (Wildman–Crippen LogP) is 7.70. The Morgan fingerprint density at radius 2 is 1.29 bits per heavy atom. The van der Waals surface area contributed by atoms with Crippen molar-refractivity contribution in [2.24, 2.45) is 0 Å². The first kappa shape index (κ1) is 22.8. The second-order valence-electron chi connectivity index (χ2n) is 7.74. The summed E-state index contributed by atoms with van der Waals surface area (Å²) in [7, 11) is 0. The molecular weight excluding hydrogens is 411 g/mol. The monoisotopic (exact) mass is 434 g/mol. The zero-order chi connectivity index (χ0) is 23.1. The Bertz CT molecular complexity index is 1080. The van der Waals surface area contributed by atoms with Gasteiger partial charge < -0.3 is 4.74 Å². The molecule has 0 spiro atoms. The van der Waals surface area contributed by atoms with Gasteiger partial charge in [-0.05, 0) is 103 Å². The maximum Gasteiger partial charge on any atom is 0.432 e. The average Bonchev–Trinajstić information content (AvgIpc) is 2.64. The van der Waals surface area contributed by atoms with E-state index < -0.39 is 23.3 Å². The summed E-state index contributed by atoms with van der Waals surface area (Å²) in [5, 5.41) is 0. The van der Waals surface area contributed by atoms with Gasteiger partial charge in [0.25, 0.3) is 0 Å². The van der Waals surface area contributed by atoms with Crippen LogP contribution in [0.3, 0.4) is 0 Å². The molecular formula is C25H23F5O. The van der Waals surface area contributed by atoms with Crippen LogP contribution in [0.25, 0.3) is 11.1 Å². The lowest BCUT2D eigenvalue weighted by Crippen LogP contribution is -2.25. The Morgan fingerprint density at radius 3 is 1.77 bits per heavy atom. The average molecular weight is 434 g/mol. The van der Waals surface area contributed by atoms with Gasteiger partial charge in [-0.3, -0.25) is 0 Å². The van der Waals surface area contributed by atoms with Gasteiger partial charge in [0, 0.05) is 0 Å². The molecule has 0 radical (unpaired) electrons. The molecule has 0 saturated heterocycles. The van der Waals surface area contributed by atoms with Crippen LogP contribution in [0.1, 0.15) is 40.3 Å². The van der Waals surface area contributed by atoms with Crippen molar-refractivity contribution >= 4 is 0 Å². The third-order valence-electron chi connectivity index (χ3n) is 5.45. The standard InChI is InChI=1S/C25H23F5O/c1-6-17-10-21(27)24(22(28)11-17)25(29,30)31-19-8-14(3)23(15(4)9-19)18-7-13(2)16(5)20(26)12-18/h7-12H,6H2,1-5H3. The fraction of sp³-hybridized carbons (Fsp3) is 0.280. The minimum atomic E-state index is -4.21. The van der Waals surface area contributed by atoms with E-state index in [9.17, 15) is 22.0 Å². The lowest BCUT2D eigenvalue weighted by atomic mass is 9.93. The van der Waals surface area contributed by atoms with E-state index in [-0.39, 0.29) is 17.1 Å². The molecule has 0 aliphatic heterocycles. The highest BCUT2D eigenvalue weighted by Gasteiger charge is 2.41. The fourth-order valence-corrected chi connectivity index (χ4v) is 3.71. The molecule has 0 atom stereocenters. The van der Waals surface area contributed by atoms with Crippen molar-refractivity contribution in [1.82, 2.24) is 0 Å². The van der Waals surface area contributed by atoms with E-state index in [0.29, 0.717) is 34.2 Å². The first-order valence-electron chi connectivity index (χ1n) is 9.88. The first-order chi connectivity index (χ1) is 14.4. The Morgan fingerprint density at radius 1 is 0.742 bits per heavy atom. The van der Waals surface area contributed by atoms with Crippen molar-refractivity contribution in [2.75, 3.05) is 0 Å². The lowest BCUT2D eigenvalue weighted by Gasteiger charge is -2.21. The number of hydrogen-bond acceptors (Lipinski definition) is 1. The predicted molar refractivity (Wildman–Crippen MR) is 111 cm³/mol. The third-order valence-corrected chi connectivity index (χ3v) is 5.45. The molecule has 3 aromatic carbocycles. The molecule has 0 saturated carbocycles. The quantitative estimate of drug-likeness (QED) is 0.374. The summed E-state index contributed by atoms with van der Waals surface area (Å²) in [6.45, 7) is 8.49. The lowest BCUT2D eigenvalue weighted by molar-refractivity contribution is -0.189. The number of rotatable bonds is 5. The molecule has 0 aliphatic rings. The van der Waals surface area contributed by atoms with E-state index in [1.165, 1.54) is 18.2 Å². The highest BCUT2D eigenvalue weighted by molar-refractivity contribution is 5.73. The van der Waals surface area contributed by atoms with Crippen molar-refractivity contribution in [3.05, 3.63) is 87.2 Å². The van der Waals surface area contributed by atoms with E-state index in [2.05, 4.69) is 0 Å². The zero-order valence-corrected chi connectivity index (χ0v) is 18.0. The molecule has 3 rings (SSSR count). The van der Waals surface area contributed by atoms with Crippen LogP contribution in [0.15, 0.2) is 36.4 Å². The van der Waals surface area contributed by atoms with Gasteiger partial charge in [0.15, 0.2) is 0 Å². The van der Waals surface area contributed by atoms with E-state index in [1.54, 1.807) is 34.6 Å². The highest BCUT2D eigenvalue weighted by Crippen LogP contribution is 2.38. The minimum Gasteiger partial charge on any atom is -0.429 e. The normalized spacial score (nSPS) is 11.7. The number of benzene rings is 3. The van der Waals surface area contributed by atoms with E-state index in [4.69, 9.17) is 4.74 Å². The SMILES string of the molecule is CCc1cc(F)c(C(F)(F)Oc2cc(C)c(-c3cc(C)c(C)c(F)c3)c(C)c2)c(F)c1. The van der Waals surface area contributed by atoms with E-state index in [0.717, 1.165) is 17.7 Å². The van der Waals surface area contributed by atoms with Crippen LogP contribution in [0.5, 0.6) is 5.75 Å². The molecule has 6 heteroatoms. The molecule has 164 valence electrons. The van der Waals surface area contributed by atoms with Crippen molar-refractivity contribution in [3.8, 4) is 16.9 Å². The minimum absolute atomic E-state index is 0.244. The second kappa shape index (κ2) is 8.33. The fourth-order valence-electron chi connectivity index (χ4n) is 3.71. The summed E-state index contributed by atoms with van der Waals surface area (Å²) in [4.78, 5) is 0. The van der Waals surface area contributed by atoms with Gasteiger partial charge in [-0.25, -0.2) is 13.2 Å². The van der Waals surface area contributed by atoms with Gasteiger partial charge >= 0.3 is 6.11 Å². The van der Waals surface area contributed by atoms with Crippen LogP contribution in [0, 0.1) is 45.1 Å². The van der Waals surface area contributed by atoms with Gasteiger partial charge in [0.2, 0.25) is 0 Å². The summed E-state index contributed by atoms with van der Waals surface area (Å²) < 4.78 is 76.8. The van der Waals surface area contributed by atoms with Crippen LogP contribution in [0.4, 0.5) is 22.0 Å². The summed E-state index contributed by atoms with van der Waals surface area (Å²) >= 11 is 0. The molecule has 0 heterocycles. The van der Waals surface area contributed by atoms with Crippen LogP contribution in [-0.4, -0.2) is 0 Å². The third kappa shape index (κ3) is 4.43. The molecule has 1 nitrogen and oxygen atoms in total. The molecule has 0 aromatic heterocycles. The molecule has 0 N–H and O–H groups in total. The Balaban J connectivity index is 2.01. The molecule has 0 aliphatic carbocycles. The molecule has 0 unspecified atom stereocenters. The number of halogens is 5. The molecule has 0 fully saturated rings. The number of aryl methyl sites for hydroxylation is 4. The highest BCUT2D eigenvalue weighted by atomic mass is 19.3. The van der Waals surface area contributed by atoms with Gasteiger partial charge in [-0.1, -0.05) is 13.0 Å². The smallest absolute Gasteiger partial charge is 0.429 e. The van der Waals surface area contributed by atoms with Crippen LogP contribution in [0.2, 0.25) is 0 Å². The summed E-state index contributed by atoms with van der Waals surface area (Å²) in [6, 6.07) is 7.67. The largest absolute Gasteiger partial charge is 0.432 e. The van der Waals surface area contributed by atoms with Crippen molar-refractivity contribution < 1.29 is 26.7 Å². The number of alkyl halides is 2. The van der Waals surface area contributed by atoms with Gasteiger partial charge in [-0.2, -0.15) is 8.78 Å². The van der Waals surface area contributed by atoms with Crippen LogP contribution >= 0.6 is 0 Å². The van der Waals surface area contributed by atoms with Crippen molar-refractivity contribution in [2.45, 2.75) is 47.1 Å². The number of hydrogen-bond donors (Lipinski definition) is 0. The maximum atomic E-state index is 14.7. The van der Waals surface area contributed by atoms with Crippen LogP contribution in [-0.2, 0) is 12.5 Å². The van der Waals surface area contributed by atoms with Gasteiger partial charge in [0.05, 0.1) is 0 Å². The molecule has 3 aromatic rings. The second-order valence-corrected chi connectivity index (χ2v) is 7.74. The Kier molecular flexibility index (Phi) is 6.12. The van der Waals surface area contributed by atoms with Crippen LogP contribution < -0.4 is 4.74 Å². The zero-order valence-electron chi connectivity index (χ0n) is 18.0. The van der Waals surface area contributed by atoms with Gasteiger partial charge in [0.1, 0.15) is 28.8 Å². The van der Waals surface area contributed by atoms with E-state index in [1.807, 2.05) is 6.07 Å². The van der Waals surface area contributed by atoms with Crippen molar-refractivity contribution in [1.29, 1.82) is 0 Å². The van der Waals surface area contributed by atoms with Crippen molar-refractivity contribution in [3.63, 3.8) is 0 Å². The molecule has 0 amide bonds. The Hall–Kier alpha value is -2.89. The molecule has 31 heavy (non-hydrogen) atoms. The topological polar surface area (TPSA) is 9.23 Å². The molecule has 0 bridgehead atoms. The number of ether oxygens (including phenoxy) is 1. The summed E-state index contributed by atoms with van der Waals surface area (Å²) in [6.07, 6.45) is -3.91. The maximum absolute atomic E-state index is 14.7. The van der Waals surface area contributed by atoms with Gasteiger partial charge in [-0.15, -0.1) is 0 Å².